The minimum atomic E-state index is -0.315. The molecule has 7 nitrogen and oxygen atoms in total. The van der Waals surface area contributed by atoms with Crippen LogP contribution in [0.4, 0.5) is 0 Å². The lowest BCUT2D eigenvalue weighted by Gasteiger charge is -2.06. The molecule has 2 N–H and O–H groups in total. The second kappa shape index (κ2) is 16.2. The largest absolute Gasteiger partial charge is 0.466 e. The van der Waals surface area contributed by atoms with Crippen molar-refractivity contribution in [2.75, 3.05) is 39.6 Å². The number of carbonyl (C=O) groups is 2. The minimum absolute atomic E-state index is 0.0501. The highest BCUT2D eigenvalue weighted by Crippen LogP contribution is 2.04. The number of hydrogen-bond donors (Lipinski definition) is 2. The lowest BCUT2D eigenvalue weighted by atomic mass is 10.2. The summed E-state index contributed by atoms with van der Waals surface area (Å²) in [4.78, 5) is 22.7. The van der Waals surface area contributed by atoms with Crippen LogP contribution in [0.3, 0.4) is 0 Å². The Balaban J connectivity index is 3.32. The van der Waals surface area contributed by atoms with Gasteiger partial charge >= 0.3 is 11.9 Å². The first-order valence-electron chi connectivity index (χ1n) is 7.81. The molecule has 0 aliphatic heterocycles. The molecule has 0 aliphatic rings. The van der Waals surface area contributed by atoms with Gasteiger partial charge in [-0.25, -0.2) is 0 Å². The smallest absolute Gasteiger partial charge is 0.305 e. The van der Waals surface area contributed by atoms with E-state index in [9.17, 15) is 9.59 Å². The highest BCUT2D eigenvalue weighted by molar-refractivity contribution is 5.70. The van der Waals surface area contributed by atoms with Gasteiger partial charge in [-0.1, -0.05) is 0 Å². The SMILES string of the molecule is O=C(CCCCC(=O)OCCOCCO)OCCCCCO. The molecule has 0 aromatic carbocycles. The van der Waals surface area contributed by atoms with E-state index in [2.05, 4.69) is 0 Å². The molecule has 0 bridgehead atoms. The van der Waals surface area contributed by atoms with Crippen molar-refractivity contribution in [2.45, 2.75) is 44.9 Å². The summed E-state index contributed by atoms with van der Waals surface area (Å²) in [6, 6.07) is 0. The molecule has 0 aromatic heterocycles. The van der Waals surface area contributed by atoms with Gasteiger partial charge in [-0.2, -0.15) is 0 Å². The second-order valence-corrected chi connectivity index (χ2v) is 4.77. The van der Waals surface area contributed by atoms with Gasteiger partial charge in [-0.3, -0.25) is 9.59 Å². The van der Waals surface area contributed by atoms with Crippen molar-refractivity contribution in [3.05, 3.63) is 0 Å². The number of esters is 2. The molecule has 0 spiro atoms. The minimum Gasteiger partial charge on any atom is -0.466 e. The molecule has 0 aliphatic carbocycles. The third kappa shape index (κ3) is 15.2. The first-order valence-corrected chi connectivity index (χ1v) is 7.81. The molecular weight excluding hydrogens is 292 g/mol. The Morgan fingerprint density at radius 3 is 1.86 bits per heavy atom. The summed E-state index contributed by atoms with van der Waals surface area (Å²) in [5.41, 5.74) is 0. The van der Waals surface area contributed by atoms with Crippen molar-refractivity contribution in [3.63, 3.8) is 0 Å². The number of carbonyl (C=O) groups excluding carboxylic acids is 2. The molecule has 0 heterocycles. The van der Waals surface area contributed by atoms with Gasteiger partial charge in [-0.05, 0) is 32.1 Å². The zero-order valence-electron chi connectivity index (χ0n) is 13.1. The molecule has 0 saturated carbocycles. The summed E-state index contributed by atoms with van der Waals surface area (Å²) in [6.45, 7) is 1.18. The molecular formula is C15H28O7. The third-order valence-electron chi connectivity index (χ3n) is 2.80. The van der Waals surface area contributed by atoms with Crippen LogP contribution in [0.15, 0.2) is 0 Å². The normalized spacial score (nSPS) is 10.5. The van der Waals surface area contributed by atoms with Crippen LogP contribution < -0.4 is 0 Å². The number of hydrogen-bond acceptors (Lipinski definition) is 7. The van der Waals surface area contributed by atoms with Gasteiger partial charge in [-0.15, -0.1) is 0 Å². The van der Waals surface area contributed by atoms with E-state index >= 15 is 0 Å². The summed E-state index contributed by atoms with van der Waals surface area (Å²) in [7, 11) is 0. The van der Waals surface area contributed by atoms with E-state index in [1.807, 2.05) is 0 Å². The summed E-state index contributed by atoms with van der Waals surface area (Å²) >= 11 is 0. The molecule has 0 amide bonds. The summed E-state index contributed by atoms with van der Waals surface area (Å²) in [5.74, 6) is -0.570. The highest BCUT2D eigenvalue weighted by atomic mass is 16.6. The van der Waals surface area contributed by atoms with E-state index in [1.54, 1.807) is 0 Å². The summed E-state index contributed by atoms with van der Waals surface area (Å²) in [6.07, 6.45) is 4.07. The standard InChI is InChI=1S/C15H28O7/c16-8-4-1-5-10-21-14(18)6-2-3-7-15(19)22-13-12-20-11-9-17/h16-17H,1-13H2. The molecule has 130 valence electrons. The number of aliphatic hydroxyl groups is 2. The van der Waals surface area contributed by atoms with Gasteiger partial charge in [0.2, 0.25) is 0 Å². The predicted octanol–water partition coefficient (Wildman–Crippen LogP) is 0.805. The van der Waals surface area contributed by atoms with Crippen molar-refractivity contribution in [3.8, 4) is 0 Å². The summed E-state index contributed by atoms with van der Waals surface area (Å²) < 4.78 is 14.9. The Morgan fingerprint density at radius 1 is 0.636 bits per heavy atom. The van der Waals surface area contributed by atoms with Gasteiger partial charge in [0, 0.05) is 19.4 Å². The van der Waals surface area contributed by atoms with Crippen LogP contribution in [-0.2, 0) is 23.8 Å². The van der Waals surface area contributed by atoms with E-state index in [4.69, 9.17) is 24.4 Å². The van der Waals surface area contributed by atoms with Crippen LogP contribution in [0.5, 0.6) is 0 Å². The topological polar surface area (TPSA) is 102 Å². The molecule has 0 saturated heterocycles. The molecule has 0 radical (unpaired) electrons. The number of aliphatic hydroxyl groups excluding tert-OH is 2. The van der Waals surface area contributed by atoms with Gasteiger partial charge in [0.15, 0.2) is 0 Å². The van der Waals surface area contributed by atoms with Crippen LogP contribution >= 0.6 is 0 Å². The monoisotopic (exact) mass is 320 g/mol. The van der Waals surface area contributed by atoms with Crippen LogP contribution in [-0.4, -0.2) is 61.8 Å². The van der Waals surface area contributed by atoms with Gasteiger partial charge in [0.25, 0.3) is 0 Å². The van der Waals surface area contributed by atoms with Crippen LogP contribution in [0.2, 0.25) is 0 Å². The van der Waals surface area contributed by atoms with Crippen molar-refractivity contribution in [1.82, 2.24) is 0 Å². The fraction of sp³-hybridized carbons (Fsp3) is 0.867. The first kappa shape index (κ1) is 20.8. The maximum Gasteiger partial charge on any atom is 0.305 e. The quantitative estimate of drug-likeness (QED) is 0.340. The Hall–Kier alpha value is -1.18. The van der Waals surface area contributed by atoms with Crippen LogP contribution in [0.1, 0.15) is 44.9 Å². The Kier molecular flexibility index (Phi) is 15.3. The zero-order valence-corrected chi connectivity index (χ0v) is 13.1. The van der Waals surface area contributed by atoms with Gasteiger partial charge in [0.05, 0.1) is 26.4 Å². The molecule has 7 heteroatoms. The average Bonchev–Trinajstić information content (AvgIpc) is 2.51. The maximum absolute atomic E-state index is 11.4. The van der Waals surface area contributed by atoms with Gasteiger partial charge < -0.3 is 24.4 Å². The lowest BCUT2D eigenvalue weighted by molar-refractivity contribution is -0.146. The van der Waals surface area contributed by atoms with E-state index in [1.165, 1.54) is 0 Å². The van der Waals surface area contributed by atoms with E-state index in [0.717, 1.165) is 19.3 Å². The summed E-state index contributed by atoms with van der Waals surface area (Å²) in [5, 5.41) is 17.1. The number of unbranched alkanes of at least 4 members (excludes halogenated alkanes) is 3. The Morgan fingerprint density at radius 2 is 1.27 bits per heavy atom. The van der Waals surface area contributed by atoms with E-state index in [0.29, 0.717) is 25.9 Å². The highest BCUT2D eigenvalue weighted by Gasteiger charge is 2.06. The Labute approximate surface area is 131 Å². The molecule has 0 rings (SSSR count). The fourth-order valence-corrected chi connectivity index (χ4v) is 1.64. The molecule has 0 atom stereocenters. The predicted molar refractivity (Wildman–Crippen MR) is 79.2 cm³/mol. The van der Waals surface area contributed by atoms with Gasteiger partial charge in [0.1, 0.15) is 6.61 Å². The number of rotatable bonds is 15. The maximum atomic E-state index is 11.4. The molecule has 22 heavy (non-hydrogen) atoms. The second-order valence-electron chi connectivity index (χ2n) is 4.77. The fourth-order valence-electron chi connectivity index (χ4n) is 1.64. The molecule has 0 aromatic rings. The number of ether oxygens (including phenoxy) is 3. The van der Waals surface area contributed by atoms with Crippen molar-refractivity contribution < 1.29 is 34.0 Å². The molecule has 0 unspecified atom stereocenters. The average molecular weight is 320 g/mol. The zero-order chi connectivity index (χ0) is 16.5. The van der Waals surface area contributed by atoms with E-state index in [-0.39, 0.29) is 51.4 Å². The first-order chi connectivity index (χ1) is 10.7. The van der Waals surface area contributed by atoms with Crippen molar-refractivity contribution in [1.29, 1.82) is 0 Å². The van der Waals surface area contributed by atoms with Crippen LogP contribution in [0, 0.1) is 0 Å². The third-order valence-corrected chi connectivity index (χ3v) is 2.80. The van der Waals surface area contributed by atoms with Crippen LogP contribution in [0.25, 0.3) is 0 Å². The van der Waals surface area contributed by atoms with Crippen molar-refractivity contribution in [2.24, 2.45) is 0 Å². The molecule has 0 fully saturated rings. The lowest BCUT2D eigenvalue weighted by Crippen LogP contribution is -2.12. The van der Waals surface area contributed by atoms with Crippen molar-refractivity contribution >= 4 is 11.9 Å². The Bertz CT molecular complexity index is 253. The van der Waals surface area contributed by atoms with E-state index < -0.39 is 0 Å².